The van der Waals surface area contributed by atoms with Gasteiger partial charge in [-0.3, -0.25) is 9.59 Å². The number of ether oxygens (including phenoxy) is 1. The summed E-state index contributed by atoms with van der Waals surface area (Å²) in [6.45, 7) is 7.43. The van der Waals surface area contributed by atoms with E-state index < -0.39 is 5.97 Å². The Morgan fingerprint density at radius 3 is 2.38 bits per heavy atom. The number of hydrogen-bond acceptors (Lipinski definition) is 5. The molecule has 0 saturated heterocycles. The topological polar surface area (TPSA) is 78.3 Å². The number of rotatable bonds is 4. The van der Waals surface area contributed by atoms with Crippen LogP contribution < -0.4 is 5.56 Å². The largest absolute Gasteiger partial charge is 0.453 e. The minimum atomic E-state index is -0.739. The highest BCUT2D eigenvalue weighted by molar-refractivity contribution is 6.00. The van der Waals surface area contributed by atoms with E-state index in [1.807, 2.05) is 33.8 Å². The number of hydrogen-bond donors (Lipinski definition) is 0. The number of aryl methyl sites for hydroxylation is 2. The van der Waals surface area contributed by atoms with Gasteiger partial charge in [0.25, 0.3) is 5.56 Å². The van der Waals surface area contributed by atoms with Crippen molar-refractivity contribution in [3.63, 3.8) is 0 Å². The van der Waals surface area contributed by atoms with Crippen molar-refractivity contribution < 1.29 is 14.3 Å². The summed E-state index contributed by atoms with van der Waals surface area (Å²) in [5, 5.41) is 3.80. The summed E-state index contributed by atoms with van der Waals surface area (Å²) in [6, 6.07) is 4.32. The smallest absolute Gasteiger partial charge is 0.359 e. The molecule has 24 heavy (non-hydrogen) atoms. The molecule has 1 aromatic heterocycles. The first kappa shape index (κ1) is 17.6. The van der Waals surface area contributed by atoms with Gasteiger partial charge in [0.1, 0.15) is 0 Å². The van der Waals surface area contributed by atoms with E-state index >= 15 is 0 Å². The number of nitrogens with zero attached hydrogens (tertiary/aromatic N) is 2. The van der Waals surface area contributed by atoms with Crippen molar-refractivity contribution in [1.29, 1.82) is 0 Å². The molecule has 0 unspecified atom stereocenters. The van der Waals surface area contributed by atoms with Crippen LogP contribution in [0.3, 0.4) is 0 Å². The van der Waals surface area contributed by atoms with Crippen LogP contribution in [-0.4, -0.2) is 28.1 Å². The molecule has 0 aliphatic carbocycles. The Balaban J connectivity index is 2.15. The summed E-state index contributed by atoms with van der Waals surface area (Å²) in [5.41, 5.74) is 4.32. The molecule has 0 atom stereocenters. The van der Waals surface area contributed by atoms with Gasteiger partial charge in [-0.1, -0.05) is 0 Å². The van der Waals surface area contributed by atoms with Gasteiger partial charge in [-0.05, 0) is 62.1 Å². The predicted molar refractivity (Wildman–Crippen MR) is 89.5 cm³/mol. The van der Waals surface area contributed by atoms with Gasteiger partial charge >= 0.3 is 5.97 Å². The maximum Gasteiger partial charge on any atom is 0.359 e. The molecule has 0 aliphatic heterocycles. The van der Waals surface area contributed by atoms with Crippen molar-refractivity contribution in [2.24, 2.45) is 7.05 Å². The van der Waals surface area contributed by atoms with Crippen LogP contribution in [0.1, 0.15) is 43.1 Å². The third kappa shape index (κ3) is 3.42. The zero-order valence-electron chi connectivity index (χ0n) is 14.5. The molecule has 0 amide bonds. The number of aromatic nitrogens is 2. The normalized spacial score (nSPS) is 10.5. The van der Waals surface area contributed by atoms with Gasteiger partial charge < -0.3 is 4.74 Å². The first-order valence-corrected chi connectivity index (χ1v) is 7.54. The number of Topliss-reactive ketones (excluding diaryl/α,β-unsaturated/α-hetero) is 1. The Kier molecular flexibility index (Phi) is 4.97. The van der Waals surface area contributed by atoms with E-state index in [2.05, 4.69) is 5.10 Å². The Morgan fingerprint density at radius 2 is 1.75 bits per heavy atom. The maximum absolute atomic E-state index is 12.4. The molecular weight excluding hydrogens is 308 g/mol. The molecule has 0 spiro atoms. The molecule has 1 aromatic carbocycles. The van der Waals surface area contributed by atoms with E-state index in [9.17, 15) is 14.4 Å². The highest BCUT2D eigenvalue weighted by Gasteiger charge is 2.17. The highest BCUT2D eigenvalue weighted by Crippen LogP contribution is 2.21. The maximum atomic E-state index is 12.4. The van der Waals surface area contributed by atoms with Crippen LogP contribution in [0.4, 0.5) is 0 Å². The number of carbonyl (C=O) groups excluding carboxylic acids is 2. The van der Waals surface area contributed by atoms with E-state index in [0.29, 0.717) is 5.56 Å². The summed E-state index contributed by atoms with van der Waals surface area (Å²) in [5.74, 6) is -1.01. The highest BCUT2D eigenvalue weighted by atomic mass is 16.5. The molecule has 2 aromatic rings. The molecule has 0 radical (unpaired) electrons. The van der Waals surface area contributed by atoms with E-state index in [0.717, 1.165) is 26.9 Å². The number of benzene rings is 1. The van der Waals surface area contributed by atoms with E-state index in [1.165, 1.54) is 19.2 Å². The standard InChI is InChI=1S/C18H20N2O4/c1-10-8-14(13(4)12(3)11(10)2)16(21)9-24-18(23)15-6-7-17(22)20(5)19-15/h6-8H,9H2,1-5H3. The Hall–Kier alpha value is -2.76. The van der Waals surface area contributed by atoms with Gasteiger partial charge in [0.2, 0.25) is 5.78 Å². The molecule has 126 valence electrons. The second-order valence-corrected chi connectivity index (χ2v) is 5.80. The molecule has 0 bridgehead atoms. The van der Waals surface area contributed by atoms with Gasteiger partial charge in [0.05, 0.1) is 0 Å². The summed E-state index contributed by atoms with van der Waals surface area (Å²) >= 11 is 0. The molecule has 6 heteroatoms. The lowest BCUT2D eigenvalue weighted by Gasteiger charge is -2.13. The van der Waals surface area contributed by atoms with Crippen molar-refractivity contribution in [3.05, 3.63) is 62.1 Å². The average Bonchev–Trinajstić information content (AvgIpc) is 2.56. The molecule has 0 N–H and O–H groups in total. The molecule has 0 saturated carbocycles. The fourth-order valence-electron chi connectivity index (χ4n) is 2.40. The average molecular weight is 328 g/mol. The van der Waals surface area contributed by atoms with Crippen molar-refractivity contribution in [3.8, 4) is 0 Å². The molecule has 0 fully saturated rings. The van der Waals surface area contributed by atoms with Crippen LogP contribution in [0.5, 0.6) is 0 Å². The van der Waals surface area contributed by atoms with Crippen LogP contribution in [0, 0.1) is 27.7 Å². The summed E-state index contributed by atoms with van der Waals surface area (Å²) in [6.07, 6.45) is 0. The predicted octanol–water partition coefficient (Wildman–Crippen LogP) is 2.05. The Morgan fingerprint density at radius 1 is 1.08 bits per heavy atom. The summed E-state index contributed by atoms with van der Waals surface area (Å²) in [7, 11) is 1.44. The van der Waals surface area contributed by atoms with Gasteiger partial charge in [-0.2, -0.15) is 5.10 Å². The molecule has 6 nitrogen and oxygen atoms in total. The van der Waals surface area contributed by atoms with Crippen LogP contribution >= 0.6 is 0 Å². The SMILES string of the molecule is Cc1cc(C(=O)COC(=O)c2ccc(=O)n(C)n2)c(C)c(C)c1C. The van der Waals surface area contributed by atoms with Crippen LogP contribution in [0.2, 0.25) is 0 Å². The lowest BCUT2D eigenvalue weighted by atomic mass is 9.93. The summed E-state index contributed by atoms with van der Waals surface area (Å²) < 4.78 is 6.07. The second kappa shape index (κ2) is 6.78. The second-order valence-electron chi connectivity index (χ2n) is 5.80. The van der Waals surface area contributed by atoms with E-state index in [-0.39, 0.29) is 23.6 Å². The summed E-state index contributed by atoms with van der Waals surface area (Å²) in [4.78, 5) is 35.6. The molecule has 2 rings (SSSR count). The first-order valence-electron chi connectivity index (χ1n) is 7.54. The van der Waals surface area contributed by atoms with Gasteiger partial charge in [-0.15, -0.1) is 0 Å². The van der Waals surface area contributed by atoms with Crippen LogP contribution in [0.25, 0.3) is 0 Å². The van der Waals surface area contributed by atoms with Crippen molar-refractivity contribution >= 4 is 11.8 Å². The fraction of sp³-hybridized carbons (Fsp3) is 0.333. The van der Waals surface area contributed by atoms with Crippen LogP contribution in [0.15, 0.2) is 23.0 Å². The quantitative estimate of drug-likeness (QED) is 0.634. The first-order chi connectivity index (χ1) is 11.2. The lowest BCUT2D eigenvalue weighted by molar-refractivity contribution is 0.0466. The minimum absolute atomic E-state index is 0.0158. The Labute approximate surface area is 140 Å². The minimum Gasteiger partial charge on any atom is -0.453 e. The zero-order valence-corrected chi connectivity index (χ0v) is 14.5. The molecule has 1 heterocycles. The number of carbonyl (C=O) groups is 2. The lowest BCUT2D eigenvalue weighted by Crippen LogP contribution is -2.23. The third-order valence-corrected chi connectivity index (χ3v) is 4.29. The molecular formula is C18H20N2O4. The van der Waals surface area contributed by atoms with E-state index in [4.69, 9.17) is 4.74 Å². The fourth-order valence-corrected chi connectivity index (χ4v) is 2.40. The third-order valence-electron chi connectivity index (χ3n) is 4.29. The van der Waals surface area contributed by atoms with Gasteiger partial charge in [0, 0.05) is 18.7 Å². The van der Waals surface area contributed by atoms with Crippen molar-refractivity contribution in [1.82, 2.24) is 9.78 Å². The van der Waals surface area contributed by atoms with E-state index in [1.54, 1.807) is 0 Å². The van der Waals surface area contributed by atoms with Gasteiger partial charge in [-0.25, -0.2) is 9.48 Å². The molecule has 0 aliphatic rings. The number of esters is 1. The van der Waals surface area contributed by atoms with Crippen molar-refractivity contribution in [2.75, 3.05) is 6.61 Å². The van der Waals surface area contributed by atoms with Gasteiger partial charge in [0.15, 0.2) is 12.3 Å². The van der Waals surface area contributed by atoms with Crippen LogP contribution in [-0.2, 0) is 11.8 Å². The monoisotopic (exact) mass is 328 g/mol. The van der Waals surface area contributed by atoms with Crippen molar-refractivity contribution in [2.45, 2.75) is 27.7 Å². The zero-order chi connectivity index (χ0) is 18.0. The Bertz CT molecular complexity index is 881. The number of ketones is 1.